The highest BCUT2D eigenvalue weighted by Gasteiger charge is 2.22. The van der Waals surface area contributed by atoms with Crippen molar-refractivity contribution >= 4 is 28.6 Å². The molecular formula is C29H26N2. The van der Waals surface area contributed by atoms with Gasteiger partial charge in [0.1, 0.15) is 0 Å². The maximum atomic E-state index is 3.59. The van der Waals surface area contributed by atoms with E-state index >= 15 is 0 Å². The Morgan fingerprint density at radius 2 is 1.32 bits per heavy atom. The van der Waals surface area contributed by atoms with Gasteiger partial charge in [-0.15, -0.1) is 0 Å². The van der Waals surface area contributed by atoms with Gasteiger partial charge >= 0.3 is 0 Å². The van der Waals surface area contributed by atoms with E-state index in [4.69, 9.17) is 0 Å². The molecule has 0 spiro atoms. The summed E-state index contributed by atoms with van der Waals surface area (Å²) in [5.74, 6) is 0. The number of aromatic nitrogens is 1. The molecule has 2 aliphatic rings. The van der Waals surface area contributed by atoms with Crippen molar-refractivity contribution in [3.63, 3.8) is 0 Å². The molecule has 1 aromatic heterocycles. The zero-order chi connectivity index (χ0) is 20.6. The molecule has 6 rings (SSSR count). The number of nitrogens with zero attached hydrogens (tertiary/aromatic N) is 1. The van der Waals surface area contributed by atoms with Crippen molar-refractivity contribution in [2.45, 2.75) is 19.4 Å². The quantitative estimate of drug-likeness (QED) is 0.346. The number of nitrogens with one attached hydrogen (secondary N) is 1. The molecule has 0 bridgehead atoms. The number of para-hydroxylation sites is 1. The molecule has 31 heavy (non-hydrogen) atoms. The lowest BCUT2D eigenvalue weighted by atomic mass is 9.86. The lowest BCUT2D eigenvalue weighted by Gasteiger charge is -2.30. The van der Waals surface area contributed by atoms with Crippen LogP contribution in [0.2, 0.25) is 0 Å². The summed E-state index contributed by atoms with van der Waals surface area (Å²) in [7, 11) is 0. The van der Waals surface area contributed by atoms with Crippen molar-refractivity contribution < 1.29 is 0 Å². The summed E-state index contributed by atoms with van der Waals surface area (Å²) < 4.78 is 0. The van der Waals surface area contributed by atoms with Gasteiger partial charge in [-0.25, -0.2) is 0 Å². The van der Waals surface area contributed by atoms with E-state index in [2.05, 4.69) is 101 Å². The molecule has 1 aliphatic carbocycles. The molecule has 0 amide bonds. The average molecular weight is 403 g/mol. The summed E-state index contributed by atoms with van der Waals surface area (Å²) in [5, 5.41) is 1.30. The Morgan fingerprint density at radius 3 is 2.00 bits per heavy atom. The second-order valence-electron chi connectivity index (χ2n) is 8.64. The number of hydrogen-bond acceptors (Lipinski definition) is 1. The molecule has 0 atom stereocenters. The van der Waals surface area contributed by atoms with Crippen LogP contribution >= 0.6 is 0 Å². The molecule has 1 fully saturated rings. The van der Waals surface area contributed by atoms with Gasteiger partial charge in [0.25, 0.3) is 0 Å². The van der Waals surface area contributed by atoms with Gasteiger partial charge in [-0.1, -0.05) is 84.5 Å². The number of rotatable bonds is 2. The normalized spacial score (nSPS) is 16.3. The van der Waals surface area contributed by atoms with Crippen LogP contribution in [-0.2, 0) is 6.54 Å². The molecule has 1 N–H and O–H groups in total. The van der Waals surface area contributed by atoms with Crippen LogP contribution in [0.5, 0.6) is 0 Å². The van der Waals surface area contributed by atoms with Gasteiger partial charge in [0.15, 0.2) is 0 Å². The lowest BCUT2D eigenvalue weighted by Crippen LogP contribution is -2.30. The first-order valence-electron chi connectivity index (χ1n) is 11.2. The second-order valence-corrected chi connectivity index (χ2v) is 8.64. The standard InChI is InChI=1S/C29H26N2/c1-4-10-26-21(7-1)13-14-22-8-2-5-11-27(22)29(26)23-15-17-31(18-16-23)20-25-19-24-9-3-6-12-28(24)30-25/h1-14,19,30H,15-18,20H2. The Bertz CT molecular complexity index is 1230. The molecule has 2 nitrogen and oxygen atoms in total. The third-order valence-corrected chi connectivity index (χ3v) is 6.70. The Labute approximate surface area is 183 Å². The van der Waals surface area contributed by atoms with Gasteiger partial charge in [-0.2, -0.15) is 0 Å². The molecule has 0 unspecified atom stereocenters. The SMILES string of the molecule is C1=Cc2ccccc2C(=C2CCN(Cc3cc4ccccc4[nH]3)CC2)c2ccccc21. The number of fused-ring (bicyclic) bond motifs is 3. The van der Waals surface area contributed by atoms with Crippen LogP contribution in [0.15, 0.2) is 84.4 Å². The fourth-order valence-corrected chi connectivity index (χ4v) is 5.14. The molecule has 2 heteroatoms. The number of benzene rings is 3. The van der Waals surface area contributed by atoms with Crippen molar-refractivity contribution in [3.05, 3.63) is 112 Å². The van der Waals surface area contributed by atoms with E-state index in [1.165, 1.54) is 44.4 Å². The fourth-order valence-electron chi connectivity index (χ4n) is 5.14. The van der Waals surface area contributed by atoms with Crippen LogP contribution in [0.3, 0.4) is 0 Å². The molecule has 2 heterocycles. The first kappa shape index (κ1) is 18.4. The topological polar surface area (TPSA) is 19.0 Å². The minimum absolute atomic E-state index is 0.992. The molecule has 0 radical (unpaired) electrons. The minimum Gasteiger partial charge on any atom is -0.357 e. The summed E-state index contributed by atoms with van der Waals surface area (Å²) in [4.78, 5) is 6.17. The Kier molecular flexibility index (Phi) is 4.58. The van der Waals surface area contributed by atoms with Gasteiger partial charge in [0, 0.05) is 30.8 Å². The third-order valence-electron chi connectivity index (χ3n) is 6.70. The third kappa shape index (κ3) is 3.43. The number of H-pyrrole nitrogens is 1. The van der Waals surface area contributed by atoms with Crippen LogP contribution in [0.1, 0.15) is 40.8 Å². The van der Waals surface area contributed by atoms with E-state index < -0.39 is 0 Å². The Balaban J connectivity index is 1.30. The zero-order valence-corrected chi connectivity index (χ0v) is 17.6. The minimum atomic E-state index is 0.992. The molecule has 4 aromatic rings. The summed E-state index contributed by atoms with van der Waals surface area (Å²) in [6.45, 7) is 3.20. The monoisotopic (exact) mass is 402 g/mol. The summed E-state index contributed by atoms with van der Waals surface area (Å²) in [6.07, 6.45) is 6.79. The van der Waals surface area contributed by atoms with Crippen LogP contribution in [0.4, 0.5) is 0 Å². The molecule has 3 aromatic carbocycles. The summed E-state index contributed by atoms with van der Waals surface area (Å²) in [6, 6.07) is 28.5. The van der Waals surface area contributed by atoms with Crippen molar-refractivity contribution in [1.82, 2.24) is 9.88 Å². The van der Waals surface area contributed by atoms with Gasteiger partial charge in [-0.05, 0) is 58.2 Å². The highest BCUT2D eigenvalue weighted by atomic mass is 15.1. The molecular weight excluding hydrogens is 376 g/mol. The maximum absolute atomic E-state index is 3.59. The average Bonchev–Trinajstić information content (AvgIpc) is 3.14. The second kappa shape index (κ2) is 7.72. The lowest BCUT2D eigenvalue weighted by molar-refractivity contribution is 0.246. The molecule has 1 saturated heterocycles. The van der Waals surface area contributed by atoms with E-state index in [1.807, 2.05) is 0 Å². The van der Waals surface area contributed by atoms with Crippen LogP contribution < -0.4 is 0 Å². The largest absolute Gasteiger partial charge is 0.357 e. The van der Waals surface area contributed by atoms with Crippen molar-refractivity contribution in [1.29, 1.82) is 0 Å². The van der Waals surface area contributed by atoms with Gasteiger partial charge < -0.3 is 4.98 Å². The van der Waals surface area contributed by atoms with E-state index in [-0.39, 0.29) is 0 Å². The number of hydrogen-bond donors (Lipinski definition) is 1. The maximum Gasteiger partial charge on any atom is 0.0456 e. The van der Waals surface area contributed by atoms with Crippen LogP contribution in [0.25, 0.3) is 28.6 Å². The van der Waals surface area contributed by atoms with Crippen molar-refractivity contribution in [3.8, 4) is 0 Å². The van der Waals surface area contributed by atoms with E-state index in [9.17, 15) is 0 Å². The Hall–Kier alpha value is -3.36. The number of aromatic amines is 1. The predicted octanol–water partition coefficient (Wildman–Crippen LogP) is 6.75. The van der Waals surface area contributed by atoms with Crippen LogP contribution in [-0.4, -0.2) is 23.0 Å². The van der Waals surface area contributed by atoms with Crippen LogP contribution in [0, 0.1) is 0 Å². The fraction of sp³-hybridized carbons (Fsp3) is 0.172. The van der Waals surface area contributed by atoms with Gasteiger partial charge in [-0.3, -0.25) is 4.90 Å². The van der Waals surface area contributed by atoms with E-state index in [0.717, 1.165) is 32.5 Å². The first-order chi connectivity index (χ1) is 15.3. The molecule has 152 valence electrons. The van der Waals surface area contributed by atoms with Crippen molar-refractivity contribution in [2.75, 3.05) is 13.1 Å². The summed E-state index contributed by atoms with van der Waals surface area (Å²) in [5.41, 5.74) is 11.0. The molecule has 1 aliphatic heterocycles. The molecule has 0 saturated carbocycles. The van der Waals surface area contributed by atoms with Crippen molar-refractivity contribution in [2.24, 2.45) is 0 Å². The highest BCUT2D eigenvalue weighted by Crippen LogP contribution is 2.38. The van der Waals surface area contributed by atoms with Gasteiger partial charge in [0.05, 0.1) is 0 Å². The number of likely N-dealkylation sites (tertiary alicyclic amines) is 1. The smallest absolute Gasteiger partial charge is 0.0456 e. The highest BCUT2D eigenvalue weighted by molar-refractivity contribution is 5.95. The Morgan fingerprint density at radius 1 is 0.710 bits per heavy atom. The van der Waals surface area contributed by atoms with Gasteiger partial charge in [0.2, 0.25) is 0 Å². The van der Waals surface area contributed by atoms with E-state index in [1.54, 1.807) is 5.57 Å². The first-order valence-corrected chi connectivity index (χ1v) is 11.2. The van der Waals surface area contributed by atoms with E-state index in [0.29, 0.717) is 0 Å². The number of piperidine rings is 1. The summed E-state index contributed by atoms with van der Waals surface area (Å²) >= 11 is 0. The predicted molar refractivity (Wildman–Crippen MR) is 131 cm³/mol. The zero-order valence-electron chi connectivity index (χ0n) is 17.6.